The summed E-state index contributed by atoms with van der Waals surface area (Å²) in [6.07, 6.45) is 7.65. The van der Waals surface area contributed by atoms with Crippen molar-refractivity contribution in [1.82, 2.24) is 0 Å². The molecule has 5 heteroatoms. The van der Waals surface area contributed by atoms with Crippen molar-refractivity contribution in [3.8, 4) is 18.1 Å². The number of ether oxygens (including phenoxy) is 1. The fraction of sp³-hybridized carbons (Fsp3) is 0.385. The van der Waals surface area contributed by atoms with Crippen LogP contribution >= 0.6 is 0 Å². The molecule has 1 N–H and O–H groups in total. The molecule has 0 atom stereocenters. The summed E-state index contributed by atoms with van der Waals surface area (Å²) in [7, 11) is 1.42. The monoisotopic (exact) mass is 248 g/mol. The van der Waals surface area contributed by atoms with Crippen molar-refractivity contribution in [3.05, 3.63) is 28.3 Å². The number of benzene rings is 1. The van der Waals surface area contributed by atoms with Gasteiger partial charge in [0.05, 0.1) is 12.0 Å². The minimum absolute atomic E-state index is 0.0306. The van der Waals surface area contributed by atoms with Crippen molar-refractivity contribution < 1.29 is 9.66 Å². The molecular formula is C13H16N2O3. The molecule has 0 amide bonds. The maximum absolute atomic E-state index is 11.0. The molecule has 0 unspecified atom stereocenters. The van der Waals surface area contributed by atoms with Crippen molar-refractivity contribution in [2.45, 2.75) is 19.3 Å². The summed E-state index contributed by atoms with van der Waals surface area (Å²) in [6.45, 7) is 0.648. The summed E-state index contributed by atoms with van der Waals surface area (Å²) in [6, 6.07) is 4.96. The minimum atomic E-state index is -0.442. The predicted molar refractivity (Wildman–Crippen MR) is 70.8 cm³/mol. The first-order valence-electron chi connectivity index (χ1n) is 5.69. The molecule has 0 aliphatic heterocycles. The second-order valence-corrected chi connectivity index (χ2v) is 3.70. The van der Waals surface area contributed by atoms with E-state index in [1.807, 2.05) is 0 Å². The predicted octanol–water partition coefficient (Wildman–Crippen LogP) is 2.82. The smallest absolute Gasteiger partial charge is 0.333 e. The first-order valence-corrected chi connectivity index (χ1v) is 5.69. The highest BCUT2D eigenvalue weighted by Gasteiger charge is 2.19. The number of hydrogen-bond acceptors (Lipinski definition) is 4. The molecule has 96 valence electrons. The summed E-state index contributed by atoms with van der Waals surface area (Å²) >= 11 is 0. The van der Waals surface area contributed by atoms with Gasteiger partial charge in [0.2, 0.25) is 0 Å². The Morgan fingerprint density at radius 2 is 2.28 bits per heavy atom. The highest BCUT2D eigenvalue weighted by molar-refractivity contribution is 5.68. The number of hydrogen-bond donors (Lipinski definition) is 1. The quantitative estimate of drug-likeness (QED) is 0.349. The molecular weight excluding hydrogens is 232 g/mol. The normalized spacial score (nSPS) is 9.56. The number of para-hydroxylation sites is 1. The van der Waals surface area contributed by atoms with Crippen LogP contribution in [0.5, 0.6) is 5.75 Å². The molecule has 0 saturated heterocycles. The van der Waals surface area contributed by atoms with Gasteiger partial charge in [-0.3, -0.25) is 10.1 Å². The molecule has 5 nitrogen and oxygen atoms in total. The van der Waals surface area contributed by atoms with E-state index in [4.69, 9.17) is 11.2 Å². The molecule has 0 aromatic heterocycles. The molecule has 18 heavy (non-hydrogen) atoms. The molecule has 0 aliphatic rings. The Hall–Kier alpha value is -2.22. The lowest BCUT2D eigenvalue weighted by Crippen LogP contribution is -2.05. The maximum Gasteiger partial charge on any atom is 0.333 e. The third-order valence-corrected chi connectivity index (χ3v) is 2.46. The third kappa shape index (κ3) is 3.67. The molecule has 0 bridgehead atoms. The summed E-state index contributed by atoms with van der Waals surface area (Å²) < 4.78 is 4.98. The Labute approximate surface area is 106 Å². The van der Waals surface area contributed by atoms with Crippen LogP contribution in [0.4, 0.5) is 11.4 Å². The molecule has 1 rings (SSSR count). The van der Waals surface area contributed by atoms with Gasteiger partial charge in [-0.15, -0.1) is 12.3 Å². The highest BCUT2D eigenvalue weighted by Crippen LogP contribution is 2.34. The van der Waals surface area contributed by atoms with Crippen LogP contribution < -0.4 is 10.1 Å². The van der Waals surface area contributed by atoms with Crippen LogP contribution in [0.25, 0.3) is 0 Å². The van der Waals surface area contributed by atoms with Crippen LogP contribution in [0.1, 0.15) is 19.3 Å². The van der Waals surface area contributed by atoms with E-state index in [1.165, 1.54) is 7.11 Å². The Bertz CT molecular complexity index is 452. The van der Waals surface area contributed by atoms with E-state index in [0.29, 0.717) is 12.2 Å². The number of unbranched alkanes of at least 4 members (excludes halogenated alkanes) is 2. The van der Waals surface area contributed by atoms with Gasteiger partial charge in [0.1, 0.15) is 5.69 Å². The average molecular weight is 248 g/mol. The van der Waals surface area contributed by atoms with E-state index in [2.05, 4.69) is 11.2 Å². The van der Waals surface area contributed by atoms with Crippen LogP contribution in [0.2, 0.25) is 0 Å². The number of nitrogens with zero attached hydrogens (tertiary/aromatic N) is 1. The Morgan fingerprint density at radius 1 is 1.50 bits per heavy atom. The lowest BCUT2D eigenvalue weighted by atomic mass is 10.2. The first kappa shape index (κ1) is 13.8. The summed E-state index contributed by atoms with van der Waals surface area (Å²) in [4.78, 5) is 10.6. The molecule has 0 fully saturated rings. The SMILES string of the molecule is C#CCCCCNc1cccc(OC)c1[N+](=O)[O-]. The van der Waals surface area contributed by atoms with E-state index in [-0.39, 0.29) is 11.4 Å². The Balaban J connectivity index is 2.70. The van der Waals surface area contributed by atoms with Gasteiger partial charge in [0.15, 0.2) is 5.75 Å². The van der Waals surface area contributed by atoms with Crippen molar-refractivity contribution in [2.24, 2.45) is 0 Å². The van der Waals surface area contributed by atoms with Gasteiger partial charge in [0.25, 0.3) is 0 Å². The number of nitro groups is 1. The van der Waals surface area contributed by atoms with E-state index in [9.17, 15) is 10.1 Å². The van der Waals surface area contributed by atoms with Crippen LogP contribution in [-0.2, 0) is 0 Å². The lowest BCUT2D eigenvalue weighted by Gasteiger charge is -2.09. The molecule has 0 radical (unpaired) electrons. The van der Waals surface area contributed by atoms with Gasteiger partial charge in [-0.05, 0) is 25.0 Å². The number of anilines is 1. The van der Waals surface area contributed by atoms with Crippen LogP contribution in [0, 0.1) is 22.5 Å². The lowest BCUT2D eigenvalue weighted by molar-refractivity contribution is -0.384. The van der Waals surface area contributed by atoms with Crippen molar-refractivity contribution in [1.29, 1.82) is 0 Å². The zero-order valence-corrected chi connectivity index (χ0v) is 10.3. The number of nitro benzene ring substituents is 1. The molecule has 1 aromatic carbocycles. The van der Waals surface area contributed by atoms with Crippen LogP contribution in [-0.4, -0.2) is 18.6 Å². The van der Waals surface area contributed by atoms with Crippen molar-refractivity contribution in [3.63, 3.8) is 0 Å². The Morgan fingerprint density at radius 3 is 2.89 bits per heavy atom. The Kier molecular flexibility index (Phi) is 5.52. The molecule has 0 spiro atoms. The number of terminal acetylenes is 1. The number of nitrogens with one attached hydrogen (secondary N) is 1. The molecule has 0 heterocycles. The van der Waals surface area contributed by atoms with Gasteiger partial charge < -0.3 is 10.1 Å². The van der Waals surface area contributed by atoms with E-state index < -0.39 is 4.92 Å². The fourth-order valence-corrected chi connectivity index (χ4v) is 1.59. The molecule has 1 aromatic rings. The second kappa shape index (κ2) is 7.17. The zero-order chi connectivity index (χ0) is 13.4. The highest BCUT2D eigenvalue weighted by atomic mass is 16.6. The van der Waals surface area contributed by atoms with Gasteiger partial charge in [0, 0.05) is 13.0 Å². The molecule has 0 saturated carbocycles. The van der Waals surface area contributed by atoms with Gasteiger partial charge in [-0.1, -0.05) is 6.07 Å². The summed E-state index contributed by atoms with van der Waals surface area (Å²) in [5.74, 6) is 2.82. The summed E-state index contributed by atoms with van der Waals surface area (Å²) in [5.41, 5.74) is 0.442. The van der Waals surface area contributed by atoms with E-state index >= 15 is 0 Å². The largest absolute Gasteiger partial charge is 0.490 e. The fourth-order valence-electron chi connectivity index (χ4n) is 1.59. The van der Waals surface area contributed by atoms with Crippen LogP contribution in [0.3, 0.4) is 0 Å². The van der Waals surface area contributed by atoms with Crippen molar-refractivity contribution in [2.75, 3.05) is 19.0 Å². The van der Waals surface area contributed by atoms with Crippen LogP contribution in [0.15, 0.2) is 18.2 Å². The maximum atomic E-state index is 11.0. The summed E-state index contributed by atoms with van der Waals surface area (Å²) in [5, 5.41) is 14.0. The van der Waals surface area contributed by atoms with Crippen molar-refractivity contribution >= 4 is 11.4 Å². The third-order valence-electron chi connectivity index (χ3n) is 2.46. The number of methoxy groups -OCH3 is 1. The number of rotatable bonds is 7. The average Bonchev–Trinajstić information content (AvgIpc) is 2.37. The minimum Gasteiger partial charge on any atom is -0.490 e. The van der Waals surface area contributed by atoms with Gasteiger partial charge in [-0.25, -0.2) is 0 Å². The van der Waals surface area contributed by atoms with E-state index in [1.54, 1.807) is 18.2 Å². The van der Waals surface area contributed by atoms with Gasteiger partial charge >= 0.3 is 5.69 Å². The van der Waals surface area contributed by atoms with E-state index in [0.717, 1.165) is 19.3 Å². The standard InChI is InChI=1S/C13H16N2O3/c1-3-4-5-6-10-14-11-8-7-9-12(18-2)13(11)15(16)17/h1,7-9,14H,4-6,10H2,2H3. The first-order chi connectivity index (χ1) is 8.70. The van der Waals surface area contributed by atoms with Gasteiger partial charge in [-0.2, -0.15) is 0 Å². The molecule has 0 aliphatic carbocycles. The topological polar surface area (TPSA) is 64.4 Å². The zero-order valence-electron chi connectivity index (χ0n) is 10.3. The second-order valence-electron chi connectivity index (χ2n) is 3.70.